The van der Waals surface area contributed by atoms with E-state index in [0.29, 0.717) is 23.2 Å². The zero-order valence-corrected chi connectivity index (χ0v) is 13.9. The van der Waals surface area contributed by atoms with Gasteiger partial charge in [0.15, 0.2) is 0 Å². The molecule has 0 bridgehead atoms. The molecule has 1 aromatic carbocycles. The van der Waals surface area contributed by atoms with Gasteiger partial charge in [-0.25, -0.2) is 0 Å². The number of piperidine rings is 1. The summed E-state index contributed by atoms with van der Waals surface area (Å²) in [5.74, 6) is 0.871. The summed E-state index contributed by atoms with van der Waals surface area (Å²) in [4.78, 5) is 49.1. The monoisotopic (exact) mass is 355 g/mol. The molecule has 2 aliphatic heterocycles. The predicted molar refractivity (Wildman–Crippen MR) is 90.8 cm³/mol. The number of imide groups is 1. The lowest BCUT2D eigenvalue weighted by Gasteiger charge is -2.29. The third kappa shape index (κ3) is 3.58. The molecule has 0 aromatic heterocycles. The molecule has 4 amide bonds. The van der Waals surface area contributed by atoms with E-state index in [1.807, 2.05) is 0 Å². The molecule has 1 atom stereocenters. The minimum atomic E-state index is -0.664. The van der Waals surface area contributed by atoms with Crippen LogP contribution in [0.25, 0.3) is 0 Å². The molecule has 1 aromatic rings. The van der Waals surface area contributed by atoms with Gasteiger partial charge in [-0.1, -0.05) is 5.92 Å². The first kappa shape index (κ1) is 17.6. The van der Waals surface area contributed by atoms with E-state index < -0.39 is 11.9 Å². The highest BCUT2D eigenvalue weighted by Crippen LogP contribution is 2.29. The van der Waals surface area contributed by atoms with E-state index in [1.54, 1.807) is 18.2 Å². The minimum absolute atomic E-state index is 0.0486. The maximum atomic E-state index is 12.6. The number of anilines is 1. The van der Waals surface area contributed by atoms with Gasteiger partial charge in [0.1, 0.15) is 19.3 Å². The Morgan fingerprint density at radius 3 is 2.92 bits per heavy atom. The van der Waals surface area contributed by atoms with Crippen LogP contribution >= 0.6 is 0 Å². The fourth-order valence-electron chi connectivity index (χ4n) is 3.05. The fraction of sp³-hybridized carbons (Fsp3) is 0.333. The molecule has 8 nitrogen and oxygen atoms in total. The Balaban J connectivity index is 1.68. The second-order valence-electron chi connectivity index (χ2n) is 6.02. The van der Waals surface area contributed by atoms with Gasteiger partial charge in [0.25, 0.3) is 5.91 Å². The highest BCUT2D eigenvalue weighted by Gasteiger charge is 2.39. The molecule has 0 radical (unpaired) electrons. The lowest BCUT2D eigenvalue weighted by Crippen LogP contribution is -2.52. The molecule has 0 saturated carbocycles. The maximum absolute atomic E-state index is 12.6. The van der Waals surface area contributed by atoms with Crippen LogP contribution in [-0.2, 0) is 25.7 Å². The molecule has 8 heteroatoms. The third-order valence-electron chi connectivity index (χ3n) is 4.23. The molecule has 0 spiro atoms. The van der Waals surface area contributed by atoms with Crippen LogP contribution in [0.15, 0.2) is 18.2 Å². The zero-order chi connectivity index (χ0) is 18.7. The number of carbonyl (C=O) groups excluding carboxylic acids is 4. The van der Waals surface area contributed by atoms with Gasteiger partial charge >= 0.3 is 0 Å². The van der Waals surface area contributed by atoms with E-state index in [1.165, 1.54) is 4.90 Å². The van der Waals surface area contributed by atoms with Crippen LogP contribution in [0.3, 0.4) is 0 Å². The number of fused-ring (bicyclic) bond motifs is 1. The average Bonchev–Trinajstić information content (AvgIpc) is 2.91. The van der Waals surface area contributed by atoms with E-state index in [4.69, 9.17) is 11.2 Å². The summed E-state index contributed by atoms with van der Waals surface area (Å²) < 4.78 is 4.96. The summed E-state index contributed by atoms with van der Waals surface area (Å²) in [6, 6.07) is 4.26. The molecule has 1 fully saturated rings. The number of benzene rings is 1. The van der Waals surface area contributed by atoms with Gasteiger partial charge in [-0.3, -0.25) is 24.5 Å². The van der Waals surface area contributed by atoms with E-state index in [-0.39, 0.29) is 43.9 Å². The number of terminal acetylenes is 1. The Kier molecular flexibility index (Phi) is 5.00. The topological polar surface area (TPSA) is 105 Å². The Labute approximate surface area is 149 Å². The Hall–Kier alpha value is -3.18. The first-order chi connectivity index (χ1) is 12.5. The summed E-state index contributed by atoms with van der Waals surface area (Å²) in [7, 11) is 0. The van der Waals surface area contributed by atoms with Gasteiger partial charge in [0.05, 0.1) is 0 Å². The Morgan fingerprint density at radius 1 is 1.38 bits per heavy atom. The smallest absolute Gasteiger partial charge is 0.255 e. The van der Waals surface area contributed by atoms with Crippen molar-refractivity contribution in [3.63, 3.8) is 0 Å². The predicted octanol–water partition coefficient (Wildman–Crippen LogP) is 0.0359. The van der Waals surface area contributed by atoms with E-state index in [9.17, 15) is 19.2 Å². The van der Waals surface area contributed by atoms with Crippen LogP contribution in [0, 0.1) is 12.3 Å². The summed E-state index contributed by atoms with van der Waals surface area (Å²) in [5, 5.41) is 4.93. The van der Waals surface area contributed by atoms with Gasteiger partial charge in [-0.2, -0.15) is 0 Å². The van der Waals surface area contributed by atoms with Gasteiger partial charge in [-0.15, -0.1) is 6.42 Å². The summed E-state index contributed by atoms with van der Waals surface area (Å²) in [5.41, 5.74) is 1.72. The van der Waals surface area contributed by atoms with Crippen molar-refractivity contribution in [3.05, 3.63) is 29.3 Å². The normalized spacial score (nSPS) is 19.0. The van der Waals surface area contributed by atoms with Crippen LogP contribution in [-0.4, -0.2) is 47.8 Å². The van der Waals surface area contributed by atoms with Crippen molar-refractivity contribution < 1.29 is 23.9 Å². The van der Waals surface area contributed by atoms with Crippen molar-refractivity contribution in [1.29, 1.82) is 0 Å². The lowest BCUT2D eigenvalue weighted by molar-refractivity contribution is -0.137. The van der Waals surface area contributed by atoms with Crippen molar-refractivity contribution >= 4 is 29.3 Å². The van der Waals surface area contributed by atoms with Crippen molar-refractivity contribution in [2.45, 2.75) is 25.4 Å². The minimum Gasteiger partial charge on any atom is -0.359 e. The third-order valence-corrected chi connectivity index (χ3v) is 4.23. The van der Waals surface area contributed by atoms with Crippen LogP contribution in [0.2, 0.25) is 0 Å². The van der Waals surface area contributed by atoms with Crippen LogP contribution in [0.1, 0.15) is 28.8 Å². The number of ether oxygens (including phenoxy) is 1. The van der Waals surface area contributed by atoms with Crippen molar-refractivity contribution in [2.75, 3.05) is 18.5 Å². The number of amides is 4. The maximum Gasteiger partial charge on any atom is 0.255 e. The number of hydrogen-bond acceptors (Lipinski definition) is 5. The van der Waals surface area contributed by atoms with Crippen LogP contribution in [0.5, 0.6) is 0 Å². The number of nitrogens with one attached hydrogen (secondary N) is 2. The molecule has 3 rings (SSSR count). The van der Waals surface area contributed by atoms with Crippen LogP contribution in [0.4, 0.5) is 5.69 Å². The molecule has 2 heterocycles. The largest absolute Gasteiger partial charge is 0.359 e. The molecule has 0 aliphatic carbocycles. The highest BCUT2D eigenvalue weighted by molar-refractivity contribution is 6.05. The molecule has 26 heavy (non-hydrogen) atoms. The van der Waals surface area contributed by atoms with E-state index in [2.05, 4.69) is 16.6 Å². The van der Waals surface area contributed by atoms with Gasteiger partial charge < -0.3 is 15.0 Å². The average molecular weight is 355 g/mol. The van der Waals surface area contributed by atoms with E-state index >= 15 is 0 Å². The number of hydrogen-bond donors (Lipinski definition) is 2. The van der Waals surface area contributed by atoms with Gasteiger partial charge in [-0.05, 0) is 30.2 Å². The SMILES string of the molecule is C#CCOCC(=O)Nc1ccc2c(c1)CN(C1CCC(=O)NC1=O)C2=O. The quantitative estimate of drug-likeness (QED) is 0.441. The molecule has 1 unspecified atom stereocenters. The second-order valence-corrected chi connectivity index (χ2v) is 6.02. The summed E-state index contributed by atoms with van der Waals surface area (Å²) >= 11 is 0. The number of carbonyl (C=O) groups is 4. The van der Waals surface area contributed by atoms with Crippen molar-refractivity contribution in [1.82, 2.24) is 10.2 Å². The highest BCUT2D eigenvalue weighted by atomic mass is 16.5. The molecule has 134 valence electrons. The Bertz CT molecular complexity index is 827. The molecule has 2 N–H and O–H groups in total. The first-order valence-corrected chi connectivity index (χ1v) is 8.08. The zero-order valence-electron chi connectivity index (χ0n) is 13.9. The second kappa shape index (κ2) is 7.37. The lowest BCUT2D eigenvalue weighted by atomic mass is 10.0. The summed E-state index contributed by atoms with van der Waals surface area (Å²) in [6.07, 6.45) is 5.55. The standard InChI is InChI=1S/C18H17N3O5/c1-2-7-26-10-16(23)19-12-3-4-13-11(8-12)9-21(18(13)25)14-5-6-15(22)20-17(14)24/h1,3-4,8,14H,5-7,9-10H2,(H,19,23)(H,20,22,24). The fourth-order valence-corrected chi connectivity index (χ4v) is 3.05. The molecular weight excluding hydrogens is 338 g/mol. The van der Waals surface area contributed by atoms with Crippen molar-refractivity contribution in [2.24, 2.45) is 0 Å². The van der Waals surface area contributed by atoms with Crippen LogP contribution < -0.4 is 10.6 Å². The molecular formula is C18H17N3O5. The molecule has 2 aliphatic rings. The summed E-state index contributed by atoms with van der Waals surface area (Å²) in [6.45, 7) is 0.132. The van der Waals surface area contributed by atoms with Gasteiger partial charge in [0.2, 0.25) is 17.7 Å². The van der Waals surface area contributed by atoms with E-state index in [0.717, 1.165) is 0 Å². The number of rotatable bonds is 5. The van der Waals surface area contributed by atoms with Crippen molar-refractivity contribution in [3.8, 4) is 12.3 Å². The number of nitrogens with zero attached hydrogens (tertiary/aromatic N) is 1. The van der Waals surface area contributed by atoms with Gasteiger partial charge in [0, 0.05) is 24.2 Å². The first-order valence-electron chi connectivity index (χ1n) is 8.08. The Morgan fingerprint density at radius 2 is 2.19 bits per heavy atom. The molecule has 1 saturated heterocycles.